The summed E-state index contributed by atoms with van der Waals surface area (Å²) in [6, 6.07) is 8.71. The molecule has 2 amide bonds. The molecule has 0 aromatic heterocycles. The lowest BCUT2D eigenvalue weighted by Gasteiger charge is -2.38. The van der Waals surface area contributed by atoms with Gasteiger partial charge in [-0.15, -0.1) is 0 Å². The van der Waals surface area contributed by atoms with Crippen molar-refractivity contribution in [3.8, 4) is 0 Å². The van der Waals surface area contributed by atoms with Crippen molar-refractivity contribution in [1.29, 1.82) is 0 Å². The third kappa shape index (κ3) is 4.63. The first-order chi connectivity index (χ1) is 10.8. The molecule has 0 unspecified atom stereocenters. The van der Waals surface area contributed by atoms with Crippen LogP contribution in [0.3, 0.4) is 0 Å². The lowest BCUT2D eigenvalue weighted by molar-refractivity contribution is 0.193. The molecule has 0 bridgehead atoms. The summed E-state index contributed by atoms with van der Waals surface area (Å²) in [7, 11) is 0. The molecule has 0 radical (unpaired) electrons. The molecule has 0 atom stereocenters. The second-order valence-electron chi connectivity index (χ2n) is 7.82. The zero-order valence-corrected chi connectivity index (χ0v) is 15.2. The largest absolute Gasteiger partial charge is 0.368 e. The summed E-state index contributed by atoms with van der Waals surface area (Å²) in [6.07, 6.45) is 0. The average Bonchev–Trinajstić information content (AvgIpc) is 2.52. The third-order valence-electron chi connectivity index (χ3n) is 4.28. The van der Waals surface area contributed by atoms with Gasteiger partial charge >= 0.3 is 6.03 Å². The van der Waals surface area contributed by atoms with Gasteiger partial charge in [-0.25, -0.2) is 4.79 Å². The predicted molar refractivity (Wildman–Crippen MR) is 97.2 cm³/mol. The number of carbonyl (C=O) groups is 1. The highest BCUT2D eigenvalue weighted by Crippen LogP contribution is 2.32. The number of urea groups is 1. The SMILES string of the molecule is CC(C)CNC(=O)N1CCN(c2ccccc2C(C)(C)C)CC1. The number of hydrogen-bond acceptors (Lipinski definition) is 2. The van der Waals surface area contributed by atoms with Crippen molar-refractivity contribution in [2.75, 3.05) is 37.6 Å². The van der Waals surface area contributed by atoms with E-state index in [4.69, 9.17) is 0 Å². The Morgan fingerprint density at radius 1 is 1.13 bits per heavy atom. The molecule has 1 fully saturated rings. The molecule has 1 saturated heterocycles. The Kier molecular flexibility index (Phi) is 5.55. The fourth-order valence-corrected chi connectivity index (χ4v) is 2.94. The van der Waals surface area contributed by atoms with Gasteiger partial charge < -0.3 is 15.1 Å². The molecule has 4 heteroatoms. The molecule has 0 aliphatic carbocycles. The second kappa shape index (κ2) is 7.24. The van der Waals surface area contributed by atoms with Gasteiger partial charge in [-0.2, -0.15) is 0 Å². The molecule has 1 aromatic rings. The molecule has 1 aliphatic heterocycles. The number of rotatable bonds is 3. The average molecular weight is 317 g/mol. The van der Waals surface area contributed by atoms with Crippen LogP contribution in [0.2, 0.25) is 0 Å². The van der Waals surface area contributed by atoms with Crippen LogP contribution >= 0.6 is 0 Å². The highest BCUT2D eigenvalue weighted by atomic mass is 16.2. The number of anilines is 1. The summed E-state index contributed by atoms with van der Waals surface area (Å²) in [5.74, 6) is 0.485. The van der Waals surface area contributed by atoms with Gasteiger partial charge in [-0.3, -0.25) is 0 Å². The topological polar surface area (TPSA) is 35.6 Å². The van der Waals surface area contributed by atoms with Crippen LogP contribution in [0.4, 0.5) is 10.5 Å². The molecule has 1 N–H and O–H groups in total. The minimum absolute atomic E-state index is 0.0717. The van der Waals surface area contributed by atoms with Crippen molar-refractivity contribution in [2.24, 2.45) is 5.92 Å². The van der Waals surface area contributed by atoms with E-state index >= 15 is 0 Å². The van der Waals surface area contributed by atoms with Crippen molar-refractivity contribution in [1.82, 2.24) is 10.2 Å². The number of piperazine rings is 1. The highest BCUT2D eigenvalue weighted by Gasteiger charge is 2.25. The Labute approximate surface area is 140 Å². The lowest BCUT2D eigenvalue weighted by Crippen LogP contribution is -2.52. The molecule has 128 valence electrons. The number of amides is 2. The summed E-state index contributed by atoms with van der Waals surface area (Å²) >= 11 is 0. The zero-order valence-electron chi connectivity index (χ0n) is 15.2. The number of nitrogens with zero attached hydrogens (tertiary/aromatic N) is 2. The zero-order chi connectivity index (χ0) is 17.0. The fraction of sp³-hybridized carbons (Fsp3) is 0.632. The number of carbonyl (C=O) groups excluding carboxylic acids is 1. The Balaban J connectivity index is 1.99. The monoisotopic (exact) mass is 317 g/mol. The van der Waals surface area contributed by atoms with Gasteiger partial charge in [0.1, 0.15) is 0 Å². The first kappa shape index (κ1) is 17.6. The van der Waals surface area contributed by atoms with E-state index in [1.807, 2.05) is 4.90 Å². The number of nitrogens with one attached hydrogen (secondary N) is 1. The van der Waals surface area contributed by atoms with Gasteiger partial charge in [0, 0.05) is 38.4 Å². The van der Waals surface area contributed by atoms with E-state index in [-0.39, 0.29) is 11.4 Å². The highest BCUT2D eigenvalue weighted by molar-refractivity contribution is 5.74. The lowest BCUT2D eigenvalue weighted by atomic mass is 9.85. The van der Waals surface area contributed by atoms with Crippen molar-refractivity contribution in [3.63, 3.8) is 0 Å². The van der Waals surface area contributed by atoms with Crippen LogP contribution in [-0.4, -0.2) is 43.7 Å². The van der Waals surface area contributed by atoms with Crippen LogP contribution < -0.4 is 10.2 Å². The van der Waals surface area contributed by atoms with Gasteiger partial charge in [-0.1, -0.05) is 52.8 Å². The molecule has 0 spiro atoms. The van der Waals surface area contributed by atoms with Gasteiger partial charge in [0.25, 0.3) is 0 Å². The minimum Gasteiger partial charge on any atom is -0.368 e. The quantitative estimate of drug-likeness (QED) is 0.926. The number of para-hydroxylation sites is 1. The number of hydrogen-bond donors (Lipinski definition) is 1. The summed E-state index contributed by atoms with van der Waals surface area (Å²) in [5, 5.41) is 3.01. The Morgan fingerprint density at radius 3 is 2.30 bits per heavy atom. The first-order valence-electron chi connectivity index (χ1n) is 8.66. The Morgan fingerprint density at radius 2 is 1.74 bits per heavy atom. The first-order valence-corrected chi connectivity index (χ1v) is 8.66. The van der Waals surface area contributed by atoms with Gasteiger partial charge in [0.2, 0.25) is 0 Å². The third-order valence-corrected chi connectivity index (χ3v) is 4.28. The van der Waals surface area contributed by atoms with Crippen LogP contribution in [0.15, 0.2) is 24.3 Å². The van der Waals surface area contributed by atoms with Crippen molar-refractivity contribution < 1.29 is 4.79 Å². The van der Waals surface area contributed by atoms with Crippen LogP contribution in [0.1, 0.15) is 40.2 Å². The Hall–Kier alpha value is -1.71. The number of benzene rings is 1. The van der Waals surface area contributed by atoms with E-state index in [1.165, 1.54) is 11.3 Å². The van der Waals surface area contributed by atoms with Crippen LogP contribution in [-0.2, 0) is 5.41 Å². The maximum atomic E-state index is 12.2. The summed E-state index contributed by atoms with van der Waals surface area (Å²) in [6.45, 7) is 15.1. The van der Waals surface area contributed by atoms with Gasteiger partial charge in [0.15, 0.2) is 0 Å². The molecule has 23 heavy (non-hydrogen) atoms. The molecular weight excluding hydrogens is 286 g/mol. The standard InChI is InChI=1S/C19H31N3O/c1-15(2)14-20-18(23)22-12-10-21(11-13-22)17-9-7-6-8-16(17)19(3,4)5/h6-9,15H,10-14H2,1-5H3,(H,20,23). The summed E-state index contributed by atoms with van der Waals surface area (Å²) < 4.78 is 0. The van der Waals surface area contributed by atoms with E-state index in [0.717, 1.165) is 32.7 Å². The van der Waals surface area contributed by atoms with E-state index in [0.29, 0.717) is 5.92 Å². The van der Waals surface area contributed by atoms with Crippen molar-refractivity contribution >= 4 is 11.7 Å². The van der Waals surface area contributed by atoms with Crippen LogP contribution in [0.5, 0.6) is 0 Å². The molecule has 0 saturated carbocycles. The Bertz CT molecular complexity index is 526. The van der Waals surface area contributed by atoms with Crippen LogP contribution in [0, 0.1) is 5.92 Å². The minimum atomic E-state index is 0.0717. The van der Waals surface area contributed by atoms with Crippen molar-refractivity contribution in [2.45, 2.75) is 40.0 Å². The predicted octanol–water partition coefficient (Wildman–Crippen LogP) is 3.47. The van der Waals surface area contributed by atoms with E-state index < -0.39 is 0 Å². The van der Waals surface area contributed by atoms with E-state index in [1.54, 1.807) is 0 Å². The normalized spacial score (nSPS) is 15.9. The second-order valence-corrected chi connectivity index (χ2v) is 7.82. The maximum Gasteiger partial charge on any atom is 0.317 e. The smallest absolute Gasteiger partial charge is 0.317 e. The molecule has 2 rings (SSSR count). The van der Waals surface area contributed by atoms with Crippen molar-refractivity contribution in [3.05, 3.63) is 29.8 Å². The summed E-state index contributed by atoms with van der Waals surface area (Å²) in [4.78, 5) is 16.5. The molecule has 1 aliphatic rings. The molecule has 1 heterocycles. The van der Waals surface area contributed by atoms with E-state index in [9.17, 15) is 4.79 Å². The summed E-state index contributed by atoms with van der Waals surface area (Å²) in [5.41, 5.74) is 2.81. The van der Waals surface area contributed by atoms with E-state index in [2.05, 4.69) is 69.1 Å². The van der Waals surface area contributed by atoms with Gasteiger partial charge in [0.05, 0.1) is 0 Å². The fourth-order valence-electron chi connectivity index (χ4n) is 2.94. The molecule has 1 aromatic carbocycles. The maximum absolute atomic E-state index is 12.2. The van der Waals surface area contributed by atoms with Crippen LogP contribution in [0.25, 0.3) is 0 Å². The molecule has 4 nitrogen and oxygen atoms in total. The van der Waals surface area contributed by atoms with Gasteiger partial charge in [-0.05, 0) is 23.0 Å². The molecular formula is C19H31N3O.